The van der Waals surface area contributed by atoms with Crippen LogP contribution in [0.3, 0.4) is 0 Å². The summed E-state index contributed by atoms with van der Waals surface area (Å²) in [6, 6.07) is 14.2. The summed E-state index contributed by atoms with van der Waals surface area (Å²) >= 11 is 0. The van der Waals surface area contributed by atoms with E-state index in [1.807, 2.05) is 38.1 Å². The van der Waals surface area contributed by atoms with Crippen LogP contribution in [0.5, 0.6) is 11.5 Å². The molecule has 0 aliphatic heterocycles. The molecule has 3 aromatic rings. The van der Waals surface area contributed by atoms with Crippen LogP contribution in [0.4, 0.5) is 0 Å². The van der Waals surface area contributed by atoms with Crippen molar-refractivity contribution in [2.45, 2.75) is 91.8 Å². The molecule has 0 N–H and O–H groups in total. The first-order chi connectivity index (χ1) is 18.4. The average Bonchev–Trinajstić information content (AvgIpc) is 2.90. The Bertz CT molecular complexity index is 1220. The molecule has 0 aliphatic rings. The van der Waals surface area contributed by atoms with Gasteiger partial charge in [0.15, 0.2) is 0 Å². The van der Waals surface area contributed by atoms with Crippen molar-refractivity contribution >= 4 is 33.5 Å². The highest BCUT2D eigenvalue weighted by Crippen LogP contribution is 2.44. The van der Waals surface area contributed by atoms with Crippen molar-refractivity contribution in [3.63, 3.8) is 0 Å². The minimum atomic E-state index is -0.371. The lowest BCUT2D eigenvalue weighted by atomic mass is 9.98. The van der Waals surface area contributed by atoms with Gasteiger partial charge < -0.3 is 18.9 Å². The van der Waals surface area contributed by atoms with Gasteiger partial charge in [-0.25, -0.2) is 0 Å². The van der Waals surface area contributed by atoms with Crippen molar-refractivity contribution in [1.29, 1.82) is 0 Å². The number of rotatable bonds is 15. The number of benzene rings is 3. The Balaban J connectivity index is 1.95. The molecule has 0 spiro atoms. The lowest BCUT2D eigenvalue weighted by Gasteiger charge is -2.23. The summed E-state index contributed by atoms with van der Waals surface area (Å²) in [6.07, 6.45) is 4.13. The highest BCUT2D eigenvalue weighted by atomic mass is 16.5. The number of ether oxygens (including phenoxy) is 4. The fourth-order valence-electron chi connectivity index (χ4n) is 4.35. The zero-order chi connectivity index (χ0) is 27.5. The van der Waals surface area contributed by atoms with Crippen LogP contribution in [-0.2, 0) is 25.5 Å². The van der Waals surface area contributed by atoms with Crippen LogP contribution in [-0.4, -0.2) is 37.4 Å². The second kappa shape index (κ2) is 14.6. The lowest BCUT2D eigenvalue weighted by Crippen LogP contribution is -2.20. The molecule has 206 valence electrons. The topological polar surface area (TPSA) is 71.1 Å². The summed E-state index contributed by atoms with van der Waals surface area (Å²) in [6.45, 7) is 10.9. The second-order valence-corrected chi connectivity index (χ2v) is 9.85. The summed E-state index contributed by atoms with van der Waals surface area (Å²) in [7, 11) is 0. The fourth-order valence-corrected chi connectivity index (χ4v) is 4.35. The Labute approximate surface area is 226 Å². The molecule has 6 heteroatoms. The fraction of sp³-hybridized carbons (Fsp3) is 0.500. The molecule has 0 aliphatic carbocycles. The van der Waals surface area contributed by atoms with E-state index in [0.29, 0.717) is 19.0 Å². The van der Waals surface area contributed by atoms with Crippen LogP contribution in [0.25, 0.3) is 21.5 Å². The van der Waals surface area contributed by atoms with Gasteiger partial charge in [0.2, 0.25) is 0 Å². The maximum atomic E-state index is 12.3. The summed E-state index contributed by atoms with van der Waals surface area (Å²) in [5.74, 6) is 0.922. The number of carbonyl (C=O) groups is 2. The number of carbonyl (C=O) groups excluding carboxylic acids is 2. The van der Waals surface area contributed by atoms with Gasteiger partial charge in [-0.05, 0) is 44.7 Å². The SMILES string of the molecule is CCCCOC(=O)CC(C)Oc1c2ccccc2c(OC(C)CC(=O)OCCCC)c2cc(CC)ccc12. The van der Waals surface area contributed by atoms with Gasteiger partial charge in [-0.3, -0.25) is 9.59 Å². The number of aryl methyl sites for hydroxylation is 1. The second-order valence-electron chi connectivity index (χ2n) is 9.85. The van der Waals surface area contributed by atoms with Gasteiger partial charge in [-0.15, -0.1) is 0 Å². The number of fused-ring (bicyclic) bond motifs is 2. The maximum Gasteiger partial charge on any atom is 0.309 e. The smallest absolute Gasteiger partial charge is 0.309 e. The van der Waals surface area contributed by atoms with E-state index >= 15 is 0 Å². The van der Waals surface area contributed by atoms with Crippen LogP contribution in [0.15, 0.2) is 42.5 Å². The largest absolute Gasteiger partial charge is 0.489 e. The van der Waals surface area contributed by atoms with E-state index in [0.717, 1.165) is 59.4 Å². The Hall–Kier alpha value is -3.28. The Morgan fingerprint density at radius 2 is 1.16 bits per heavy atom. The van der Waals surface area contributed by atoms with E-state index in [9.17, 15) is 9.59 Å². The van der Waals surface area contributed by atoms with E-state index in [-0.39, 0.29) is 37.0 Å². The van der Waals surface area contributed by atoms with Crippen molar-refractivity contribution in [3.05, 3.63) is 48.0 Å². The quantitative estimate of drug-likeness (QED) is 0.117. The Kier molecular flexibility index (Phi) is 11.3. The molecule has 6 nitrogen and oxygen atoms in total. The van der Waals surface area contributed by atoms with Gasteiger partial charge in [0.1, 0.15) is 23.7 Å². The van der Waals surface area contributed by atoms with Crippen molar-refractivity contribution in [2.75, 3.05) is 13.2 Å². The Morgan fingerprint density at radius 1 is 0.684 bits per heavy atom. The number of hydrogen-bond acceptors (Lipinski definition) is 6. The zero-order valence-corrected chi connectivity index (χ0v) is 23.5. The molecule has 38 heavy (non-hydrogen) atoms. The molecule has 0 amide bonds. The van der Waals surface area contributed by atoms with Gasteiger partial charge in [0.05, 0.1) is 26.1 Å². The molecule has 0 bridgehead atoms. The van der Waals surface area contributed by atoms with E-state index in [1.165, 1.54) is 5.56 Å². The molecular weight excluding hydrogens is 480 g/mol. The van der Waals surface area contributed by atoms with Crippen LogP contribution in [0.2, 0.25) is 0 Å². The molecule has 0 radical (unpaired) electrons. The molecule has 0 heterocycles. The first-order valence-corrected chi connectivity index (χ1v) is 14.0. The molecule has 3 aromatic carbocycles. The van der Waals surface area contributed by atoms with Crippen molar-refractivity contribution in [3.8, 4) is 11.5 Å². The standard InChI is InChI=1S/C32H42O6/c1-6-9-17-35-29(33)19-22(4)37-31-25-13-11-12-14-26(25)32(28-21-24(8-3)15-16-27(28)31)38-23(5)20-30(34)36-18-10-7-2/h11-16,21-23H,6-10,17-20H2,1-5H3. The van der Waals surface area contributed by atoms with E-state index in [4.69, 9.17) is 18.9 Å². The maximum absolute atomic E-state index is 12.3. The molecule has 2 atom stereocenters. The van der Waals surface area contributed by atoms with Crippen LogP contribution in [0.1, 0.15) is 78.7 Å². The first-order valence-electron chi connectivity index (χ1n) is 14.0. The van der Waals surface area contributed by atoms with Crippen molar-refractivity contribution in [2.24, 2.45) is 0 Å². The van der Waals surface area contributed by atoms with E-state index in [1.54, 1.807) is 0 Å². The summed E-state index contributed by atoms with van der Waals surface area (Å²) in [5.41, 5.74) is 1.17. The molecule has 0 fully saturated rings. The van der Waals surface area contributed by atoms with Gasteiger partial charge in [-0.2, -0.15) is 0 Å². The van der Waals surface area contributed by atoms with E-state index in [2.05, 4.69) is 39.0 Å². The lowest BCUT2D eigenvalue weighted by molar-refractivity contribution is -0.146. The van der Waals surface area contributed by atoms with Crippen molar-refractivity contribution in [1.82, 2.24) is 0 Å². The molecule has 0 saturated carbocycles. The summed E-state index contributed by atoms with van der Waals surface area (Å²) < 4.78 is 23.6. The first kappa shape index (κ1) is 29.3. The average molecular weight is 523 g/mol. The third-order valence-corrected chi connectivity index (χ3v) is 6.47. The van der Waals surface area contributed by atoms with Crippen LogP contribution in [0, 0.1) is 0 Å². The zero-order valence-electron chi connectivity index (χ0n) is 23.5. The van der Waals surface area contributed by atoms with E-state index < -0.39 is 0 Å². The van der Waals surface area contributed by atoms with Gasteiger partial charge in [0, 0.05) is 21.5 Å². The van der Waals surface area contributed by atoms with Gasteiger partial charge in [-0.1, -0.05) is 70.0 Å². The van der Waals surface area contributed by atoms with Crippen molar-refractivity contribution < 1.29 is 28.5 Å². The highest BCUT2D eigenvalue weighted by Gasteiger charge is 2.22. The number of esters is 2. The number of unbranched alkanes of at least 4 members (excludes halogenated alkanes) is 2. The predicted octanol–water partition coefficient (Wildman–Crippen LogP) is 7.56. The summed E-state index contributed by atoms with van der Waals surface area (Å²) in [4.78, 5) is 24.6. The molecule has 3 rings (SSSR count). The van der Waals surface area contributed by atoms with Crippen LogP contribution < -0.4 is 9.47 Å². The van der Waals surface area contributed by atoms with Gasteiger partial charge >= 0.3 is 11.9 Å². The Morgan fingerprint density at radius 3 is 1.63 bits per heavy atom. The summed E-state index contributed by atoms with van der Waals surface area (Å²) in [5, 5.41) is 3.61. The molecular formula is C32H42O6. The monoisotopic (exact) mass is 522 g/mol. The molecule has 0 aromatic heterocycles. The third-order valence-electron chi connectivity index (χ3n) is 6.47. The van der Waals surface area contributed by atoms with Crippen LogP contribution >= 0.6 is 0 Å². The minimum Gasteiger partial charge on any atom is -0.489 e. The third kappa shape index (κ3) is 7.86. The van der Waals surface area contributed by atoms with Gasteiger partial charge in [0.25, 0.3) is 0 Å². The number of hydrogen-bond donors (Lipinski definition) is 0. The minimum absolute atomic E-state index is 0.169. The molecule has 2 unspecified atom stereocenters. The molecule has 0 saturated heterocycles. The normalized spacial score (nSPS) is 12.8. The highest BCUT2D eigenvalue weighted by molar-refractivity contribution is 6.11. The predicted molar refractivity (Wildman–Crippen MR) is 152 cm³/mol.